The van der Waals surface area contributed by atoms with Crippen LogP contribution in [0.5, 0.6) is 0 Å². The van der Waals surface area contributed by atoms with Crippen LogP contribution < -0.4 is 0 Å². The van der Waals surface area contributed by atoms with Crippen molar-refractivity contribution in [3.63, 3.8) is 0 Å². The summed E-state index contributed by atoms with van der Waals surface area (Å²) in [6.45, 7) is -0.632. The van der Waals surface area contributed by atoms with Gasteiger partial charge in [0.1, 0.15) is 32.8 Å². The minimum atomic E-state index is -0.813. The summed E-state index contributed by atoms with van der Waals surface area (Å²) in [6.07, 6.45) is -0.598. The maximum atomic E-state index is 11.7. The molecule has 2 aromatic rings. The van der Waals surface area contributed by atoms with Crippen molar-refractivity contribution in [2.75, 3.05) is 26.4 Å². The van der Waals surface area contributed by atoms with Gasteiger partial charge < -0.3 is 18.9 Å². The second kappa shape index (κ2) is 11.9. The lowest BCUT2D eigenvalue weighted by molar-refractivity contribution is -0.155. The highest BCUT2D eigenvalue weighted by atomic mass is 16.6. The first-order valence-electron chi connectivity index (χ1n) is 8.82. The van der Waals surface area contributed by atoms with Crippen LogP contribution in [-0.4, -0.2) is 50.3 Å². The normalized spacial score (nSPS) is 9.93. The molecule has 8 heteroatoms. The Balaban J connectivity index is 1.53. The molecule has 29 heavy (non-hydrogen) atoms. The Kier molecular flexibility index (Phi) is 8.88. The maximum Gasteiger partial charge on any atom is 0.338 e. The highest BCUT2D eigenvalue weighted by Crippen LogP contribution is 2.02. The monoisotopic (exact) mass is 400 g/mol. The summed E-state index contributed by atoms with van der Waals surface area (Å²) in [6, 6.07) is 16.7. The van der Waals surface area contributed by atoms with E-state index in [1.165, 1.54) is 0 Å². The minimum absolute atomic E-state index is 0.135. The second-order valence-electron chi connectivity index (χ2n) is 5.62. The number of hydrogen-bond acceptors (Lipinski definition) is 8. The zero-order chi connectivity index (χ0) is 20.9. The van der Waals surface area contributed by atoms with Crippen molar-refractivity contribution in [3.8, 4) is 0 Å². The van der Waals surface area contributed by atoms with Crippen molar-refractivity contribution in [1.82, 2.24) is 0 Å². The third-order valence-electron chi connectivity index (χ3n) is 3.47. The minimum Gasteiger partial charge on any atom is -0.462 e. The van der Waals surface area contributed by atoms with Crippen LogP contribution in [0.25, 0.3) is 0 Å². The van der Waals surface area contributed by atoms with Crippen molar-refractivity contribution >= 4 is 23.9 Å². The van der Waals surface area contributed by atoms with Crippen molar-refractivity contribution in [2.45, 2.75) is 6.42 Å². The fourth-order valence-electron chi connectivity index (χ4n) is 2.11. The van der Waals surface area contributed by atoms with Gasteiger partial charge in [0, 0.05) is 0 Å². The van der Waals surface area contributed by atoms with Crippen LogP contribution in [0.1, 0.15) is 27.1 Å². The van der Waals surface area contributed by atoms with Crippen LogP contribution in [0.4, 0.5) is 0 Å². The molecule has 0 aliphatic carbocycles. The van der Waals surface area contributed by atoms with Gasteiger partial charge in [-0.2, -0.15) is 0 Å². The second-order valence-corrected chi connectivity index (χ2v) is 5.62. The third-order valence-corrected chi connectivity index (χ3v) is 3.47. The average molecular weight is 400 g/mol. The Morgan fingerprint density at radius 2 is 0.862 bits per heavy atom. The van der Waals surface area contributed by atoms with Gasteiger partial charge in [-0.3, -0.25) is 9.59 Å². The Bertz CT molecular complexity index is 748. The molecule has 152 valence electrons. The highest BCUT2D eigenvalue weighted by Gasteiger charge is 2.13. The number of benzene rings is 2. The Labute approximate surface area is 167 Å². The first kappa shape index (κ1) is 21.6. The molecule has 0 radical (unpaired) electrons. The molecule has 0 spiro atoms. The topological polar surface area (TPSA) is 105 Å². The van der Waals surface area contributed by atoms with Gasteiger partial charge in [0.2, 0.25) is 0 Å². The molecular formula is C21H20O8. The molecule has 0 aromatic heterocycles. The summed E-state index contributed by atoms with van der Waals surface area (Å²) >= 11 is 0. The lowest BCUT2D eigenvalue weighted by Gasteiger charge is -2.08. The molecule has 0 aliphatic rings. The highest BCUT2D eigenvalue weighted by molar-refractivity contribution is 5.91. The lowest BCUT2D eigenvalue weighted by atomic mass is 10.2. The van der Waals surface area contributed by atoms with Crippen molar-refractivity contribution in [2.24, 2.45) is 0 Å². The van der Waals surface area contributed by atoms with E-state index in [1.54, 1.807) is 60.7 Å². The number of hydrogen-bond donors (Lipinski definition) is 0. The molecule has 0 aliphatic heterocycles. The third kappa shape index (κ3) is 8.25. The standard InChI is InChI=1S/C21H20O8/c22-18(26-11-13-28-20(24)16-7-3-1-4-8-16)15-19(23)27-12-14-29-21(25)17-9-5-2-6-10-17/h1-10H,11-15H2. The molecule has 0 amide bonds. The molecule has 0 heterocycles. The smallest absolute Gasteiger partial charge is 0.338 e. The van der Waals surface area contributed by atoms with Crippen molar-refractivity contribution < 1.29 is 38.1 Å². The largest absolute Gasteiger partial charge is 0.462 e. The van der Waals surface area contributed by atoms with Crippen LogP contribution >= 0.6 is 0 Å². The molecule has 0 saturated carbocycles. The number of carbonyl (C=O) groups is 4. The summed E-state index contributed by atoms with van der Waals surface area (Å²) in [4.78, 5) is 46.4. The fraction of sp³-hybridized carbons (Fsp3) is 0.238. The maximum absolute atomic E-state index is 11.7. The van der Waals surface area contributed by atoms with Crippen LogP contribution in [0.3, 0.4) is 0 Å². The Hall–Kier alpha value is -3.68. The quantitative estimate of drug-likeness (QED) is 0.259. The van der Waals surface area contributed by atoms with Crippen LogP contribution in [-0.2, 0) is 28.5 Å². The SMILES string of the molecule is O=C(CC(=O)OCCOC(=O)c1ccccc1)OCCOC(=O)c1ccccc1. The molecule has 0 atom stereocenters. The molecule has 8 nitrogen and oxygen atoms in total. The van der Waals surface area contributed by atoms with Crippen LogP contribution in [0.15, 0.2) is 60.7 Å². The molecule has 2 aromatic carbocycles. The lowest BCUT2D eigenvalue weighted by Crippen LogP contribution is -2.19. The molecule has 2 rings (SSSR count). The van der Waals surface area contributed by atoms with Crippen molar-refractivity contribution in [3.05, 3.63) is 71.8 Å². The predicted molar refractivity (Wildman–Crippen MR) is 100.0 cm³/mol. The molecule has 0 fully saturated rings. The van der Waals surface area contributed by atoms with E-state index in [-0.39, 0.29) is 26.4 Å². The summed E-state index contributed by atoms with van der Waals surface area (Å²) in [5, 5.41) is 0. The van der Waals surface area contributed by atoms with Crippen LogP contribution in [0, 0.1) is 0 Å². The molecule has 0 N–H and O–H groups in total. The van der Waals surface area contributed by atoms with Gasteiger partial charge in [0.25, 0.3) is 0 Å². The fourth-order valence-corrected chi connectivity index (χ4v) is 2.11. The molecule has 0 bridgehead atoms. The molecule has 0 saturated heterocycles. The first-order valence-corrected chi connectivity index (χ1v) is 8.82. The zero-order valence-corrected chi connectivity index (χ0v) is 15.6. The van der Waals surface area contributed by atoms with E-state index in [0.717, 1.165) is 0 Å². The Morgan fingerprint density at radius 3 is 1.24 bits per heavy atom. The number of rotatable bonds is 10. The van der Waals surface area contributed by atoms with Gasteiger partial charge in [-0.25, -0.2) is 9.59 Å². The van der Waals surface area contributed by atoms with Crippen molar-refractivity contribution in [1.29, 1.82) is 0 Å². The summed E-state index contributed by atoms with van der Waals surface area (Å²) in [5.74, 6) is -2.70. The van der Waals surface area contributed by atoms with Gasteiger partial charge in [-0.15, -0.1) is 0 Å². The Morgan fingerprint density at radius 1 is 0.517 bits per heavy atom. The van der Waals surface area contributed by atoms with E-state index < -0.39 is 30.3 Å². The van der Waals surface area contributed by atoms with Crippen LogP contribution in [0.2, 0.25) is 0 Å². The molecule has 0 unspecified atom stereocenters. The number of esters is 4. The van der Waals surface area contributed by atoms with E-state index in [4.69, 9.17) is 18.9 Å². The number of ether oxygens (including phenoxy) is 4. The average Bonchev–Trinajstić information content (AvgIpc) is 2.75. The first-order chi connectivity index (χ1) is 14.1. The summed E-state index contributed by atoms with van der Waals surface area (Å²) < 4.78 is 19.5. The summed E-state index contributed by atoms with van der Waals surface area (Å²) in [7, 11) is 0. The number of carbonyl (C=O) groups excluding carboxylic acids is 4. The van der Waals surface area contributed by atoms with E-state index in [9.17, 15) is 19.2 Å². The van der Waals surface area contributed by atoms with E-state index in [1.807, 2.05) is 0 Å². The summed E-state index contributed by atoms with van der Waals surface area (Å²) in [5.41, 5.74) is 0.769. The van der Waals surface area contributed by atoms with E-state index >= 15 is 0 Å². The van der Waals surface area contributed by atoms with Gasteiger partial charge in [0.05, 0.1) is 11.1 Å². The van der Waals surface area contributed by atoms with Gasteiger partial charge in [0.15, 0.2) is 0 Å². The van der Waals surface area contributed by atoms with Gasteiger partial charge in [-0.05, 0) is 24.3 Å². The van der Waals surface area contributed by atoms with E-state index in [0.29, 0.717) is 11.1 Å². The van der Waals surface area contributed by atoms with Gasteiger partial charge >= 0.3 is 23.9 Å². The molecular weight excluding hydrogens is 380 g/mol. The van der Waals surface area contributed by atoms with Gasteiger partial charge in [-0.1, -0.05) is 36.4 Å². The van der Waals surface area contributed by atoms with E-state index in [2.05, 4.69) is 0 Å². The predicted octanol–water partition coefficient (Wildman–Crippen LogP) is 2.18. The zero-order valence-electron chi connectivity index (χ0n) is 15.6.